The summed E-state index contributed by atoms with van der Waals surface area (Å²) in [4.78, 5) is 25.6. The van der Waals surface area contributed by atoms with E-state index >= 15 is 0 Å². The molecule has 1 fully saturated rings. The van der Waals surface area contributed by atoms with Gasteiger partial charge in [-0.15, -0.1) is 0 Å². The second-order valence-electron chi connectivity index (χ2n) is 4.79. The Bertz CT molecular complexity index is 486. The molecule has 2 amide bonds. The van der Waals surface area contributed by atoms with Crippen LogP contribution in [0.3, 0.4) is 0 Å². The third-order valence-corrected chi connectivity index (χ3v) is 3.22. The first kappa shape index (κ1) is 14.7. The zero-order valence-electron chi connectivity index (χ0n) is 11.4. The van der Waals surface area contributed by atoms with E-state index in [1.165, 1.54) is 0 Å². The van der Waals surface area contributed by atoms with E-state index in [0.29, 0.717) is 25.4 Å². The van der Waals surface area contributed by atoms with Gasteiger partial charge in [0, 0.05) is 26.3 Å². The van der Waals surface area contributed by atoms with Gasteiger partial charge in [0.1, 0.15) is 5.69 Å². The highest BCUT2D eigenvalue weighted by molar-refractivity contribution is 6.04. The zero-order valence-corrected chi connectivity index (χ0v) is 11.4. The Morgan fingerprint density at radius 3 is 3.00 bits per heavy atom. The fourth-order valence-corrected chi connectivity index (χ4v) is 2.16. The van der Waals surface area contributed by atoms with Crippen molar-refractivity contribution in [2.75, 3.05) is 32.8 Å². The lowest BCUT2D eigenvalue weighted by atomic mass is 10.3. The Labute approximate surface area is 117 Å². The molecule has 7 nitrogen and oxygen atoms in total. The third-order valence-electron chi connectivity index (χ3n) is 3.22. The van der Waals surface area contributed by atoms with Crippen molar-refractivity contribution in [3.63, 3.8) is 0 Å². The molecule has 0 aromatic carbocycles. The van der Waals surface area contributed by atoms with Crippen LogP contribution in [0.15, 0.2) is 18.3 Å². The number of carbonyl (C=O) groups excluding carboxylic acids is 2. The highest BCUT2D eigenvalue weighted by Crippen LogP contribution is 2.04. The summed E-state index contributed by atoms with van der Waals surface area (Å²) in [7, 11) is 1.74. The molecule has 110 valence electrons. The number of hydrogen-bond donors (Lipinski definition) is 2. The Balaban J connectivity index is 1.83. The molecule has 1 aliphatic rings. The van der Waals surface area contributed by atoms with Gasteiger partial charge in [0.05, 0.1) is 25.9 Å². The normalized spacial score (nSPS) is 19.8. The van der Waals surface area contributed by atoms with E-state index in [1.54, 1.807) is 29.9 Å². The third kappa shape index (κ3) is 3.66. The number of aryl methyl sites for hydroxylation is 1. The molecule has 2 N–H and O–H groups in total. The van der Waals surface area contributed by atoms with Crippen LogP contribution in [-0.2, 0) is 16.6 Å². The van der Waals surface area contributed by atoms with Gasteiger partial charge in [-0.2, -0.15) is 0 Å². The number of imide groups is 1. The Kier molecular flexibility index (Phi) is 4.89. The standard InChI is InChI=1S/C13H19N3O4/c1-15-4-2-3-11(15)13(19)14-12(18)8-16-5-6-20-10(7-16)9-17/h2-4,10,17H,5-9H2,1H3,(H,14,18,19). The first-order chi connectivity index (χ1) is 9.60. The molecule has 1 aromatic heterocycles. The number of aliphatic hydroxyl groups is 1. The predicted octanol–water partition coefficient (Wildman–Crippen LogP) is -1.03. The molecule has 1 saturated heterocycles. The molecule has 0 saturated carbocycles. The number of carbonyl (C=O) groups is 2. The summed E-state index contributed by atoms with van der Waals surface area (Å²) < 4.78 is 6.95. The van der Waals surface area contributed by atoms with E-state index in [9.17, 15) is 9.59 Å². The lowest BCUT2D eigenvalue weighted by Crippen LogP contribution is -2.48. The first-order valence-electron chi connectivity index (χ1n) is 6.50. The van der Waals surface area contributed by atoms with E-state index in [4.69, 9.17) is 9.84 Å². The largest absolute Gasteiger partial charge is 0.394 e. The van der Waals surface area contributed by atoms with Crippen LogP contribution in [0.5, 0.6) is 0 Å². The average Bonchev–Trinajstić information content (AvgIpc) is 2.85. The van der Waals surface area contributed by atoms with E-state index < -0.39 is 5.91 Å². The maximum atomic E-state index is 11.9. The van der Waals surface area contributed by atoms with Crippen LogP contribution in [0.1, 0.15) is 10.5 Å². The lowest BCUT2D eigenvalue weighted by molar-refractivity contribution is -0.124. The molecular formula is C13H19N3O4. The quantitative estimate of drug-likeness (QED) is 0.737. The van der Waals surface area contributed by atoms with E-state index in [2.05, 4.69) is 5.32 Å². The molecule has 2 rings (SSSR count). The smallest absolute Gasteiger partial charge is 0.274 e. The minimum atomic E-state index is -0.408. The fraction of sp³-hybridized carbons (Fsp3) is 0.538. The van der Waals surface area contributed by atoms with E-state index in [1.807, 2.05) is 4.90 Å². The maximum absolute atomic E-state index is 11.9. The van der Waals surface area contributed by atoms with Gasteiger partial charge in [0.15, 0.2) is 0 Å². The monoisotopic (exact) mass is 281 g/mol. The predicted molar refractivity (Wildman–Crippen MR) is 71.2 cm³/mol. The number of morpholine rings is 1. The van der Waals surface area contributed by atoms with Crippen molar-refractivity contribution in [3.05, 3.63) is 24.0 Å². The van der Waals surface area contributed by atoms with Crippen molar-refractivity contribution in [1.29, 1.82) is 0 Å². The van der Waals surface area contributed by atoms with Crippen LogP contribution in [0.4, 0.5) is 0 Å². The molecular weight excluding hydrogens is 262 g/mol. The molecule has 0 bridgehead atoms. The molecule has 1 atom stereocenters. The number of nitrogens with zero attached hydrogens (tertiary/aromatic N) is 2. The van der Waals surface area contributed by atoms with Crippen molar-refractivity contribution in [1.82, 2.24) is 14.8 Å². The number of aromatic nitrogens is 1. The van der Waals surface area contributed by atoms with Crippen LogP contribution in [0.25, 0.3) is 0 Å². The highest BCUT2D eigenvalue weighted by atomic mass is 16.5. The number of hydrogen-bond acceptors (Lipinski definition) is 5. The van der Waals surface area contributed by atoms with Crippen molar-refractivity contribution < 1.29 is 19.4 Å². The van der Waals surface area contributed by atoms with Crippen LogP contribution < -0.4 is 5.32 Å². The highest BCUT2D eigenvalue weighted by Gasteiger charge is 2.22. The SMILES string of the molecule is Cn1cccc1C(=O)NC(=O)CN1CCOC(CO)C1. The molecule has 7 heteroatoms. The summed E-state index contributed by atoms with van der Waals surface area (Å²) >= 11 is 0. The Morgan fingerprint density at radius 1 is 1.55 bits per heavy atom. The van der Waals surface area contributed by atoms with Crippen molar-refractivity contribution in [3.8, 4) is 0 Å². The van der Waals surface area contributed by atoms with Gasteiger partial charge in [-0.3, -0.25) is 19.8 Å². The molecule has 0 spiro atoms. The van der Waals surface area contributed by atoms with Gasteiger partial charge in [-0.1, -0.05) is 0 Å². The van der Waals surface area contributed by atoms with Gasteiger partial charge in [0.25, 0.3) is 5.91 Å². The van der Waals surface area contributed by atoms with Crippen molar-refractivity contribution >= 4 is 11.8 Å². The zero-order chi connectivity index (χ0) is 14.5. The lowest BCUT2D eigenvalue weighted by Gasteiger charge is -2.31. The average molecular weight is 281 g/mol. The Morgan fingerprint density at radius 2 is 2.35 bits per heavy atom. The van der Waals surface area contributed by atoms with Crippen LogP contribution in [0, 0.1) is 0 Å². The second kappa shape index (κ2) is 6.65. The fourth-order valence-electron chi connectivity index (χ4n) is 2.16. The maximum Gasteiger partial charge on any atom is 0.274 e. The molecule has 20 heavy (non-hydrogen) atoms. The Hall–Kier alpha value is -1.70. The van der Waals surface area contributed by atoms with Crippen molar-refractivity contribution in [2.45, 2.75) is 6.10 Å². The summed E-state index contributed by atoms with van der Waals surface area (Å²) in [5.41, 5.74) is 0.438. The van der Waals surface area contributed by atoms with Gasteiger partial charge >= 0.3 is 0 Å². The molecule has 1 aliphatic heterocycles. The summed E-state index contributed by atoms with van der Waals surface area (Å²) in [6.45, 7) is 1.63. The van der Waals surface area contributed by atoms with Crippen LogP contribution in [-0.4, -0.2) is 65.3 Å². The minimum Gasteiger partial charge on any atom is -0.394 e. The first-order valence-corrected chi connectivity index (χ1v) is 6.50. The van der Waals surface area contributed by atoms with E-state index in [-0.39, 0.29) is 25.2 Å². The number of amides is 2. The summed E-state index contributed by atoms with van der Waals surface area (Å²) in [5, 5.41) is 11.4. The summed E-state index contributed by atoms with van der Waals surface area (Å²) in [5.74, 6) is -0.760. The van der Waals surface area contributed by atoms with Gasteiger partial charge in [-0.25, -0.2) is 0 Å². The molecule has 0 aliphatic carbocycles. The number of aliphatic hydroxyl groups excluding tert-OH is 1. The molecule has 2 heterocycles. The topological polar surface area (TPSA) is 83.8 Å². The van der Waals surface area contributed by atoms with Crippen LogP contribution >= 0.6 is 0 Å². The summed E-state index contributed by atoms with van der Waals surface area (Å²) in [6, 6.07) is 3.40. The second-order valence-corrected chi connectivity index (χ2v) is 4.79. The number of rotatable bonds is 4. The minimum absolute atomic E-state index is 0.0690. The number of nitrogens with one attached hydrogen (secondary N) is 1. The van der Waals surface area contributed by atoms with Crippen LogP contribution in [0.2, 0.25) is 0 Å². The van der Waals surface area contributed by atoms with Gasteiger partial charge in [0.2, 0.25) is 5.91 Å². The van der Waals surface area contributed by atoms with Gasteiger partial charge in [-0.05, 0) is 12.1 Å². The van der Waals surface area contributed by atoms with Gasteiger partial charge < -0.3 is 14.4 Å². The molecule has 0 radical (unpaired) electrons. The van der Waals surface area contributed by atoms with E-state index in [0.717, 1.165) is 0 Å². The van der Waals surface area contributed by atoms with Crippen molar-refractivity contribution in [2.24, 2.45) is 7.05 Å². The summed E-state index contributed by atoms with van der Waals surface area (Å²) in [6.07, 6.45) is 1.48. The molecule has 1 unspecified atom stereocenters. The number of ether oxygens (including phenoxy) is 1. The molecule has 1 aromatic rings.